The zero-order valence-corrected chi connectivity index (χ0v) is 15.5. The Balaban J connectivity index is 1.50. The number of non-ortho nitro benzene ring substituents is 1. The third-order valence-electron chi connectivity index (χ3n) is 5.00. The van der Waals surface area contributed by atoms with Crippen LogP contribution in [0.2, 0.25) is 5.02 Å². The van der Waals surface area contributed by atoms with E-state index in [0.717, 1.165) is 48.8 Å². The normalized spacial score (nSPS) is 15.2. The van der Waals surface area contributed by atoms with Gasteiger partial charge >= 0.3 is 0 Å². The molecule has 0 saturated carbocycles. The standard InChI is InChI=1S/C20H19ClN4O2/c21-16-3-1-15(2-4-16)14-23-9-11-24(12-10-23)19-5-6-20(25(26)27)18-13-22-8-7-17(18)19/h1-8,13H,9-12,14H2. The molecule has 0 amide bonds. The average Bonchev–Trinajstić information content (AvgIpc) is 2.69. The number of fused-ring (bicyclic) bond motifs is 1. The van der Waals surface area contributed by atoms with Gasteiger partial charge in [-0.3, -0.25) is 20.0 Å². The third-order valence-corrected chi connectivity index (χ3v) is 5.25. The highest BCUT2D eigenvalue weighted by molar-refractivity contribution is 6.30. The summed E-state index contributed by atoms with van der Waals surface area (Å²) in [5, 5.41) is 13.5. The van der Waals surface area contributed by atoms with Crippen LogP contribution in [0.1, 0.15) is 5.56 Å². The van der Waals surface area contributed by atoms with Crippen LogP contribution in [0.4, 0.5) is 11.4 Å². The van der Waals surface area contributed by atoms with Gasteiger partial charge in [0, 0.05) is 67.3 Å². The van der Waals surface area contributed by atoms with Crippen molar-refractivity contribution in [1.29, 1.82) is 0 Å². The Morgan fingerprint density at radius 2 is 1.74 bits per heavy atom. The second-order valence-electron chi connectivity index (χ2n) is 6.67. The number of anilines is 1. The van der Waals surface area contributed by atoms with E-state index in [0.29, 0.717) is 5.39 Å². The van der Waals surface area contributed by atoms with Crippen molar-refractivity contribution >= 4 is 33.7 Å². The second kappa shape index (κ2) is 7.50. The minimum Gasteiger partial charge on any atom is -0.368 e. The van der Waals surface area contributed by atoms with Crippen molar-refractivity contribution in [1.82, 2.24) is 9.88 Å². The van der Waals surface area contributed by atoms with Crippen molar-refractivity contribution < 1.29 is 4.92 Å². The molecular weight excluding hydrogens is 364 g/mol. The van der Waals surface area contributed by atoms with Gasteiger partial charge < -0.3 is 4.90 Å². The van der Waals surface area contributed by atoms with Crippen LogP contribution in [0, 0.1) is 10.1 Å². The minimum atomic E-state index is -0.349. The Bertz CT molecular complexity index is 969. The number of pyridine rings is 1. The number of benzene rings is 2. The lowest BCUT2D eigenvalue weighted by atomic mass is 10.1. The molecule has 0 aliphatic carbocycles. The predicted octanol–water partition coefficient (Wildman–Crippen LogP) is 4.12. The minimum absolute atomic E-state index is 0.100. The van der Waals surface area contributed by atoms with Crippen LogP contribution in [0.5, 0.6) is 0 Å². The first kappa shape index (κ1) is 17.7. The first-order valence-electron chi connectivity index (χ1n) is 8.85. The Labute approximate surface area is 162 Å². The van der Waals surface area contributed by atoms with Crippen LogP contribution in [0.3, 0.4) is 0 Å². The lowest BCUT2D eigenvalue weighted by Crippen LogP contribution is -2.46. The number of nitro groups is 1. The van der Waals surface area contributed by atoms with E-state index in [1.807, 2.05) is 24.3 Å². The second-order valence-corrected chi connectivity index (χ2v) is 7.11. The molecule has 1 fully saturated rings. The van der Waals surface area contributed by atoms with Gasteiger partial charge in [0.05, 0.1) is 10.3 Å². The zero-order chi connectivity index (χ0) is 18.8. The molecule has 0 atom stereocenters. The van der Waals surface area contributed by atoms with E-state index in [1.54, 1.807) is 18.5 Å². The zero-order valence-electron chi connectivity index (χ0n) is 14.7. The van der Waals surface area contributed by atoms with E-state index in [2.05, 4.69) is 26.9 Å². The SMILES string of the molecule is O=[N+]([O-])c1ccc(N2CCN(Cc3ccc(Cl)cc3)CC2)c2ccncc12. The van der Waals surface area contributed by atoms with Gasteiger partial charge in [-0.25, -0.2) is 0 Å². The van der Waals surface area contributed by atoms with Gasteiger partial charge in [0.25, 0.3) is 5.69 Å². The van der Waals surface area contributed by atoms with E-state index in [1.165, 1.54) is 5.56 Å². The Morgan fingerprint density at radius 1 is 1.00 bits per heavy atom. The van der Waals surface area contributed by atoms with E-state index < -0.39 is 0 Å². The van der Waals surface area contributed by atoms with E-state index in [9.17, 15) is 10.1 Å². The molecular formula is C20H19ClN4O2. The summed E-state index contributed by atoms with van der Waals surface area (Å²) >= 11 is 5.95. The quantitative estimate of drug-likeness (QED) is 0.501. The average molecular weight is 383 g/mol. The van der Waals surface area contributed by atoms with Crippen LogP contribution < -0.4 is 4.90 Å². The van der Waals surface area contributed by atoms with E-state index >= 15 is 0 Å². The van der Waals surface area contributed by atoms with Gasteiger partial charge in [-0.05, 0) is 29.8 Å². The lowest BCUT2D eigenvalue weighted by Gasteiger charge is -2.36. The Hall–Kier alpha value is -2.70. The molecule has 2 aromatic carbocycles. The number of rotatable bonds is 4. The summed E-state index contributed by atoms with van der Waals surface area (Å²) in [6, 6.07) is 13.3. The fraction of sp³-hybridized carbons (Fsp3) is 0.250. The Morgan fingerprint density at radius 3 is 2.44 bits per heavy atom. The number of hydrogen-bond donors (Lipinski definition) is 0. The molecule has 1 aromatic heterocycles. The summed E-state index contributed by atoms with van der Waals surface area (Å²) in [5.41, 5.74) is 2.38. The number of piperazine rings is 1. The fourth-order valence-corrected chi connectivity index (χ4v) is 3.72. The van der Waals surface area contributed by atoms with Gasteiger partial charge in [0.1, 0.15) is 0 Å². The van der Waals surface area contributed by atoms with E-state index in [4.69, 9.17) is 11.6 Å². The maximum atomic E-state index is 11.3. The largest absolute Gasteiger partial charge is 0.368 e. The highest BCUT2D eigenvalue weighted by Gasteiger charge is 2.21. The number of nitro benzene ring substituents is 1. The monoisotopic (exact) mass is 382 g/mol. The summed E-state index contributed by atoms with van der Waals surface area (Å²) in [4.78, 5) is 19.7. The van der Waals surface area contributed by atoms with Crippen LogP contribution in [-0.4, -0.2) is 41.0 Å². The molecule has 1 saturated heterocycles. The van der Waals surface area contributed by atoms with Crippen LogP contribution in [0.25, 0.3) is 10.8 Å². The van der Waals surface area contributed by atoms with Crippen molar-refractivity contribution in [3.05, 3.63) is 75.6 Å². The fourth-order valence-electron chi connectivity index (χ4n) is 3.59. The molecule has 0 spiro atoms. The number of halogens is 1. The number of hydrogen-bond acceptors (Lipinski definition) is 5. The topological polar surface area (TPSA) is 62.5 Å². The van der Waals surface area contributed by atoms with Gasteiger partial charge in [0.2, 0.25) is 0 Å². The van der Waals surface area contributed by atoms with Crippen LogP contribution >= 0.6 is 11.6 Å². The molecule has 0 unspecified atom stereocenters. The van der Waals surface area contributed by atoms with Crippen molar-refractivity contribution in [2.24, 2.45) is 0 Å². The van der Waals surface area contributed by atoms with Crippen LogP contribution in [0.15, 0.2) is 54.9 Å². The summed E-state index contributed by atoms with van der Waals surface area (Å²) in [5.74, 6) is 0. The Kier molecular flexibility index (Phi) is 4.92. The maximum Gasteiger partial charge on any atom is 0.278 e. The molecule has 27 heavy (non-hydrogen) atoms. The van der Waals surface area contributed by atoms with Crippen molar-refractivity contribution in [3.63, 3.8) is 0 Å². The molecule has 6 nitrogen and oxygen atoms in total. The first-order valence-corrected chi connectivity index (χ1v) is 9.22. The van der Waals surface area contributed by atoms with Gasteiger partial charge in [-0.2, -0.15) is 0 Å². The number of aromatic nitrogens is 1. The van der Waals surface area contributed by atoms with Gasteiger partial charge in [-0.1, -0.05) is 23.7 Å². The summed E-state index contributed by atoms with van der Waals surface area (Å²) in [7, 11) is 0. The lowest BCUT2D eigenvalue weighted by molar-refractivity contribution is -0.383. The predicted molar refractivity (Wildman–Crippen MR) is 107 cm³/mol. The number of nitrogens with zero attached hydrogens (tertiary/aromatic N) is 4. The smallest absolute Gasteiger partial charge is 0.278 e. The van der Waals surface area contributed by atoms with Crippen molar-refractivity contribution in [2.75, 3.05) is 31.1 Å². The molecule has 138 valence electrons. The highest BCUT2D eigenvalue weighted by Crippen LogP contribution is 2.33. The summed E-state index contributed by atoms with van der Waals surface area (Å²) in [6.45, 7) is 4.53. The van der Waals surface area contributed by atoms with E-state index in [-0.39, 0.29) is 10.6 Å². The van der Waals surface area contributed by atoms with Gasteiger partial charge in [0.15, 0.2) is 0 Å². The molecule has 0 bridgehead atoms. The molecule has 3 aromatic rings. The summed E-state index contributed by atoms with van der Waals surface area (Å²) < 4.78 is 0. The highest BCUT2D eigenvalue weighted by atomic mass is 35.5. The molecule has 2 heterocycles. The summed E-state index contributed by atoms with van der Waals surface area (Å²) in [6.07, 6.45) is 3.26. The molecule has 1 aliphatic rings. The maximum absolute atomic E-state index is 11.3. The molecule has 0 N–H and O–H groups in total. The molecule has 7 heteroatoms. The molecule has 4 rings (SSSR count). The molecule has 0 radical (unpaired) electrons. The van der Waals surface area contributed by atoms with Crippen molar-refractivity contribution in [3.8, 4) is 0 Å². The third kappa shape index (κ3) is 3.72. The van der Waals surface area contributed by atoms with Gasteiger partial charge in [-0.15, -0.1) is 0 Å². The molecule has 1 aliphatic heterocycles. The van der Waals surface area contributed by atoms with Crippen molar-refractivity contribution in [2.45, 2.75) is 6.54 Å². The van der Waals surface area contributed by atoms with Crippen LogP contribution in [-0.2, 0) is 6.54 Å². The first-order chi connectivity index (χ1) is 13.1.